The molecule has 15 heavy (non-hydrogen) atoms. The van der Waals surface area contributed by atoms with Gasteiger partial charge in [-0.2, -0.15) is 5.10 Å². The van der Waals surface area contributed by atoms with Gasteiger partial charge in [-0.25, -0.2) is 4.68 Å². The summed E-state index contributed by atoms with van der Waals surface area (Å²) in [6, 6.07) is 0. The zero-order valence-electron chi connectivity index (χ0n) is 8.56. The highest BCUT2D eigenvalue weighted by atomic mass is 16.5. The third kappa shape index (κ3) is 1.86. The Balaban J connectivity index is 2.20. The number of carbonyl (C=O) groups excluding carboxylic acids is 1. The van der Waals surface area contributed by atoms with Gasteiger partial charge in [-0.1, -0.05) is 13.5 Å². The maximum absolute atomic E-state index is 11.1. The van der Waals surface area contributed by atoms with Gasteiger partial charge in [-0.3, -0.25) is 4.79 Å². The monoisotopic (exact) mass is 207 g/mol. The molecule has 5 nitrogen and oxygen atoms in total. The van der Waals surface area contributed by atoms with E-state index in [1.54, 1.807) is 10.9 Å². The topological polar surface area (TPSA) is 56.2 Å². The zero-order valence-corrected chi connectivity index (χ0v) is 8.56. The van der Waals surface area contributed by atoms with Crippen molar-refractivity contribution in [1.82, 2.24) is 9.78 Å². The quantitative estimate of drug-likeness (QED) is 0.737. The molecule has 0 saturated carbocycles. The Labute approximate surface area is 87.7 Å². The van der Waals surface area contributed by atoms with E-state index in [2.05, 4.69) is 23.9 Å². The molecule has 1 aromatic rings. The standard InChI is InChI=1S/C10H13N3O2/c1-3-9(14)12-8-4-11-13-5-7(2)6-15-10(8)13/h3-4,7H,1,5-6H2,2H3,(H,12,14). The first-order chi connectivity index (χ1) is 7.20. The normalized spacial score (nSPS) is 18.9. The lowest BCUT2D eigenvalue weighted by molar-refractivity contribution is -0.111. The SMILES string of the molecule is C=CC(=O)Nc1cnn2c1OCC(C)C2. The van der Waals surface area contributed by atoms with Gasteiger partial charge < -0.3 is 10.1 Å². The molecule has 1 N–H and O–H groups in total. The molecular formula is C10H13N3O2. The highest BCUT2D eigenvalue weighted by molar-refractivity contribution is 5.99. The maximum Gasteiger partial charge on any atom is 0.247 e. The number of hydrogen-bond donors (Lipinski definition) is 1. The second-order valence-electron chi connectivity index (χ2n) is 3.66. The average Bonchev–Trinajstić information content (AvgIpc) is 2.60. The van der Waals surface area contributed by atoms with Crippen LogP contribution < -0.4 is 10.1 Å². The van der Waals surface area contributed by atoms with Gasteiger partial charge in [-0.15, -0.1) is 0 Å². The molecule has 0 aromatic carbocycles. The van der Waals surface area contributed by atoms with Gasteiger partial charge in [-0.05, 0) is 6.08 Å². The number of hydrogen-bond acceptors (Lipinski definition) is 3. The van der Waals surface area contributed by atoms with Crippen LogP contribution in [0.3, 0.4) is 0 Å². The fourth-order valence-electron chi connectivity index (χ4n) is 1.50. The maximum atomic E-state index is 11.1. The van der Waals surface area contributed by atoms with E-state index < -0.39 is 0 Å². The Kier molecular flexibility index (Phi) is 2.45. The van der Waals surface area contributed by atoms with E-state index in [4.69, 9.17) is 4.74 Å². The lowest BCUT2D eigenvalue weighted by Gasteiger charge is -2.21. The second kappa shape index (κ2) is 3.76. The molecule has 1 amide bonds. The van der Waals surface area contributed by atoms with Crippen molar-refractivity contribution in [3.05, 3.63) is 18.9 Å². The summed E-state index contributed by atoms with van der Waals surface area (Å²) in [6.45, 7) is 6.95. The number of anilines is 1. The third-order valence-corrected chi connectivity index (χ3v) is 2.22. The van der Waals surface area contributed by atoms with Crippen molar-refractivity contribution < 1.29 is 9.53 Å². The molecule has 1 aliphatic heterocycles. The number of nitrogens with one attached hydrogen (secondary N) is 1. The van der Waals surface area contributed by atoms with Crippen LogP contribution in [0, 0.1) is 5.92 Å². The summed E-state index contributed by atoms with van der Waals surface area (Å²) in [7, 11) is 0. The molecule has 0 fully saturated rings. The van der Waals surface area contributed by atoms with Gasteiger partial charge in [0, 0.05) is 5.92 Å². The molecule has 1 aliphatic rings. The number of aromatic nitrogens is 2. The van der Waals surface area contributed by atoms with Crippen molar-refractivity contribution in [2.24, 2.45) is 5.92 Å². The van der Waals surface area contributed by atoms with Gasteiger partial charge >= 0.3 is 0 Å². The average molecular weight is 207 g/mol. The van der Waals surface area contributed by atoms with Gasteiger partial charge in [0.2, 0.25) is 11.8 Å². The minimum Gasteiger partial charge on any atom is -0.476 e. The van der Waals surface area contributed by atoms with Crippen LogP contribution >= 0.6 is 0 Å². The fourth-order valence-corrected chi connectivity index (χ4v) is 1.50. The van der Waals surface area contributed by atoms with Crippen LogP contribution in [0.5, 0.6) is 5.88 Å². The van der Waals surface area contributed by atoms with Crippen molar-refractivity contribution in [2.75, 3.05) is 11.9 Å². The molecule has 0 spiro atoms. The lowest BCUT2D eigenvalue weighted by atomic mass is 10.2. The predicted octanol–water partition coefficient (Wildman–Crippen LogP) is 1.04. The highest BCUT2D eigenvalue weighted by Crippen LogP contribution is 2.28. The van der Waals surface area contributed by atoms with Crippen LogP contribution in [0.1, 0.15) is 6.92 Å². The smallest absolute Gasteiger partial charge is 0.247 e. The Bertz CT molecular complexity index is 397. The number of amides is 1. The van der Waals surface area contributed by atoms with E-state index in [-0.39, 0.29) is 5.91 Å². The number of rotatable bonds is 2. The van der Waals surface area contributed by atoms with Crippen molar-refractivity contribution in [2.45, 2.75) is 13.5 Å². The summed E-state index contributed by atoms with van der Waals surface area (Å²) < 4.78 is 7.26. The summed E-state index contributed by atoms with van der Waals surface area (Å²) in [6.07, 6.45) is 2.81. The van der Waals surface area contributed by atoms with Crippen LogP contribution in [0.4, 0.5) is 5.69 Å². The number of ether oxygens (including phenoxy) is 1. The van der Waals surface area contributed by atoms with E-state index in [0.717, 1.165) is 6.54 Å². The second-order valence-corrected chi connectivity index (χ2v) is 3.66. The van der Waals surface area contributed by atoms with Crippen LogP contribution in [-0.2, 0) is 11.3 Å². The first kappa shape index (κ1) is 9.76. The summed E-state index contributed by atoms with van der Waals surface area (Å²) in [5.74, 6) is 0.816. The predicted molar refractivity (Wildman–Crippen MR) is 55.7 cm³/mol. The Morgan fingerprint density at radius 1 is 1.87 bits per heavy atom. The summed E-state index contributed by atoms with van der Waals surface area (Å²) in [5.41, 5.74) is 0.604. The summed E-state index contributed by atoms with van der Waals surface area (Å²) >= 11 is 0. The van der Waals surface area contributed by atoms with Gasteiger partial charge in [0.15, 0.2) is 0 Å². The minimum atomic E-state index is -0.256. The van der Waals surface area contributed by atoms with Crippen LogP contribution in [0.2, 0.25) is 0 Å². The molecule has 0 bridgehead atoms. The van der Waals surface area contributed by atoms with Crippen molar-refractivity contribution in [1.29, 1.82) is 0 Å². The summed E-state index contributed by atoms with van der Waals surface area (Å²) in [4.78, 5) is 11.1. The molecule has 2 rings (SSSR count). The van der Waals surface area contributed by atoms with E-state index in [9.17, 15) is 4.79 Å². The molecule has 0 aliphatic carbocycles. The molecule has 1 atom stereocenters. The van der Waals surface area contributed by atoms with E-state index >= 15 is 0 Å². The number of nitrogens with zero attached hydrogens (tertiary/aromatic N) is 2. The Hall–Kier alpha value is -1.78. The van der Waals surface area contributed by atoms with Crippen molar-refractivity contribution in [3.63, 3.8) is 0 Å². The first-order valence-corrected chi connectivity index (χ1v) is 4.82. The van der Waals surface area contributed by atoms with E-state index in [0.29, 0.717) is 24.1 Å². The fraction of sp³-hybridized carbons (Fsp3) is 0.400. The number of carbonyl (C=O) groups is 1. The lowest BCUT2D eigenvalue weighted by Crippen LogP contribution is -2.24. The van der Waals surface area contributed by atoms with Crippen LogP contribution in [0.15, 0.2) is 18.9 Å². The molecule has 5 heteroatoms. The molecule has 80 valence electrons. The molecule has 2 heterocycles. The Morgan fingerprint density at radius 2 is 2.67 bits per heavy atom. The first-order valence-electron chi connectivity index (χ1n) is 4.82. The van der Waals surface area contributed by atoms with Gasteiger partial charge in [0.25, 0.3) is 0 Å². The largest absolute Gasteiger partial charge is 0.476 e. The summed E-state index contributed by atoms with van der Waals surface area (Å²) in [5, 5.41) is 6.79. The van der Waals surface area contributed by atoms with Gasteiger partial charge in [0.1, 0.15) is 5.69 Å². The van der Waals surface area contributed by atoms with E-state index in [1.807, 2.05) is 0 Å². The molecule has 1 unspecified atom stereocenters. The minimum absolute atomic E-state index is 0.256. The highest BCUT2D eigenvalue weighted by Gasteiger charge is 2.20. The molecule has 1 aromatic heterocycles. The van der Waals surface area contributed by atoms with Crippen molar-refractivity contribution in [3.8, 4) is 5.88 Å². The van der Waals surface area contributed by atoms with Gasteiger partial charge in [0.05, 0.1) is 19.3 Å². The van der Waals surface area contributed by atoms with Crippen LogP contribution in [0.25, 0.3) is 0 Å². The molecule has 0 radical (unpaired) electrons. The third-order valence-electron chi connectivity index (χ3n) is 2.22. The van der Waals surface area contributed by atoms with Crippen molar-refractivity contribution >= 4 is 11.6 Å². The molecule has 0 saturated heterocycles. The Morgan fingerprint density at radius 3 is 3.40 bits per heavy atom. The number of fused-ring (bicyclic) bond motifs is 1. The van der Waals surface area contributed by atoms with Crippen LogP contribution in [-0.4, -0.2) is 22.3 Å². The molecular weight excluding hydrogens is 194 g/mol. The zero-order chi connectivity index (χ0) is 10.8. The van der Waals surface area contributed by atoms with E-state index in [1.165, 1.54) is 6.08 Å².